The van der Waals surface area contributed by atoms with E-state index in [4.69, 9.17) is 5.73 Å². The van der Waals surface area contributed by atoms with Crippen LogP contribution < -0.4 is 16.4 Å². The molecule has 0 atom stereocenters. The Hall–Kier alpha value is -1.98. The molecule has 0 aliphatic heterocycles. The molecule has 1 aromatic rings. The molecule has 0 spiro atoms. The van der Waals surface area contributed by atoms with Gasteiger partial charge in [0.2, 0.25) is 5.91 Å². The molecular formula is C10H16N4O2. The number of rotatable bonds is 4. The van der Waals surface area contributed by atoms with Crippen molar-refractivity contribution in [2.24, 2.45) is 7.05 Å². The SMILES string of the molecule is CC(=O)NCCNC(=O)c1cc(N)cn1C. The van der Waals surface area contributed by atoms with Crippen LogP contribution in [-0.4, -0.2) is 29.5 Å². The van der Waals surface area contributed by atoms with Gasteiger partial charge in [-0.15, -0.1) is 0 Å². The molecule has 0 unspecified atom stereocenters. The van der Waals surface area contributed by atoms with Gasteiger partial charge in [0.15, 0.2) is 0 Å². The van der Waals surface area contributed by atoms with Crippen LogP contribution >= 0.6 is 0 Å². The summed E-state index contributed by atoms with van der Waals surface area (Å²) in [6.07, 6.45) is 1.67. The molecule has 4 N–H and O–H groups in total. The molecule has 16 heavy (non-hydrogen) atoms. The summed E-state index contributed by atoms with van der Waals surface area (Å²) < 4.78 is 1.66. The number of aromatic nitrogens is 1. The predicted octanol–water partition coefficient (Wildman–Crippen LogP) is -0.527. The van der Waals surface area contributed by atoms with Crippen molar-refractivity contribution in [3.05, 3.63) is 18.0 Å². The minimum atomic E-state index is -0.204. The third kappa shape index (κ3) is 3.30. The second-order valence-corrected chi connectivity index (χ2v) is 3.51. The highest BCUT2D eigenvalue weighted by Crippen LogP contribution is 2.07. The zero-order chi connectivity index (χ0) is 12.1. The van der Waals surface area contributed by atoms with E-state index in [1.807, 2.05) is 0 Å². The van der Waals surface area contributed by atoms with Crippen LogP contribution in [0.2, 0.25) is 0 Å². The number of carbonyl (C=O) groups is 2. The van der Waals surface area contributed by atoms with Gasteiger partial charge >= 0.3 is 0 Å². The smallest absolute Gasteiger partial charge is 0.268 e. The number of hydrogen-bond acceptors (Lipinski definition) is 3. The van der Waals surface area contributed by atoms with Gasteiger partial charge in [0.05, 0.1) is 5.69 Å². The van der Waals surface area contributed by atoms with E-state index in [0.717, 1.165) is 0 Å². The molecule has 6 heteroatoms. The molecule has 0 fully saturated rings. The lowest BCUT2D eigenvalue weighted by molar-refractivity contribution is -0.118. The highest BCUT2D eigenvalue weighted by molar-refractivity contribution is 5.93. The Morgan fingerprint density at radius 3 is 2.50 bits per heavy atom. The summed E-state index contributed by atoms with van der Waals surface area (Å²) in [6.45, 7) is 2.24. The van der Waals surface area contributed by atoms with Gasteiger partial charge < -0.3 is 20.9 Å². The maximum atomic E-state index is 11.6. The molecule has 0 aliphatic rings. The van der Waals surface area contributed by atoms with Crippen molar-refractivity contribution < 1.29 is 9.59 Å². The lowest BCUT2D eigenvalue weighted by Gasteiger charge is -2.06. The Morgan fingerprint density at radius 2 is 2.00 bits per heavy atom. The first-order valence-corrected chi connectivity index (χ1v) is 4.95. The van der Waals surface area contributed by atoms with Crippen LogP contribution in [0.1, 0.15) is 17.4 Å². The van der Waals surface area contributed by atoms with Gasteiger partial charge in [-0.3, -0.25) is 9.59 Å². The van der Waals surface area contributed by atoms with E-state index in [2.05, 4.69) is 10.6 Å². The largest absolute Gasteiger partial charge is 0.397 e. The van der Waals surface area contributed by atoms with Crippen molar-refractivity contribution in [1.29, 1.82) is 0 Å². The number of carbonyl (C=O) groups excluding carboxylic acids is 2. The summed E-state index contributed by atoms with van der Waals surface area (Å²) in [4.78, 5) is 22.2. The van der Waals surface area contributed by atoms with Crippen LogP contribution in [0.25, 0.3) is 0 Å². The molecule has 0 aliphatic carbocycles. The van der Waals surface area contributed by atoms with Crippen molar-refractivity contribution in [3.63, 3.8) is 0 Å². The fraction of sp³-hybridized carbons (Fsp3) is 0.400. The van der Waals surface area contributed by atoms with E-state index in [-0.39, 0.29) is 11.8 Å². The lowest BCUT2D eigenvalue weighted by Crippen LogP contribution is -2.34. The molecular weight excluding hydrogens is 208 g/mol. The lowest BCUT2D eigenvalue weighted by atomic mass is 10.4. The average molecular weight is 224 g/mol. The number of nitrogens with zero attached hydrogens (tertiary/aromatic N) is 1. The highest BCUT2D eigenvalue weighted by Gasteiger charge is 2.09. The minimum Gasteiger partial charge on any atom is -0.397 e. The molecule has 2 amide bonds. The molecule has 88 valence electrons. The van der Waals surface area contributed by atoms with Gasteiger partial charge in [0.25, 0.3) is 5.91 Å². The van der Waals surface area contributed by atoms with Crippen LogP contribution in [0.5, 0.6) is 0 Å². The maximum absolute atomic E-state index is 11.6. The highest BCUT2D eigenvalue weighted by atomic mass is 16.2. The van der Waals surface area contributed by atoms with E-state index in [1.165, 1.54) is 6.92 Å². The number of aryl methyl sites for hydroxylation is 1. The Bertz CT molecular complexity index is 398. The van der Waals surface area contributed by atoms with Gasteiger partial charge in [-0.25, -0.2) is 0 Å². The number of nitrogens with one attached hydrogen (secondary N) is 2. The quantitative estimate of drug-likeness (QED) is 0.601. The molecule has 0 radical (unpaired) electrons. The molecule has 0 aromatic carbocycles. The number of anilines is 1. The van der Waals surface area contributed by atoms with Gasteiger partial charge in [0.1, 0.15) is 5.69 Å². The average Bonchev–Trinajstić information content (AvgIpc) is 2.52. The minimum absolute atomic E-state index is 0.114. The fourth-order valence-corrected chi connectivity index (χ4v) is 1.32. The van der Waals surface area contributed by atoms with E-state index < -0.39 is 0 Å². The Kier molecular flexibility index (Phi) is 3.93. The zero-order valence-corrected chi connectivity index (χ0v) is 9.41. The first-order valence-electron chi connectivity index (χ1n) is 4.95. The molecule has 1 rings (SSSR count). The summed E-state index contributed by atoms with van der Waals surface area (Å²) in [6, 6.07) is 1.60. The van der Waals surface area contributed by atoms with Crippen molar-refractivity contribution in [2.75, 3.05) is 18.8 Å². The molecule has 6 nitrogen and oxygen atoms in total. The van der Waals surface area contributed by atoms with Gasteiger partial charge in [-0.1, -0.05) is 0 Å². The van der Waals surface area contributed by atoms with E-state index >= 15 is 0 Å². The molecule has 0 saturated carbocycles. The van der Waals surface area contributed by atoms with E-state index in [1.54, 1.807) is 23.9 Å². The normalized spacial score (nSPS) is 9.88. The Morgan fingerprint density at radius 1 is 1.38 bits per heavy atom. The second-order valence-electron chi connectivity index (χ2n) is 3.51. The van der Waals surface area contributed by atoms with Crippen molar-refractivity contribution in [3.8, 4) is 0 Å². The Balaban J connectivity index is 2.41. The van der Waals surface area contributed by atoms with Crippen LogP contribution in [0.15, 0.2) is 12.3 Å². The van der Waals surface area contributed by atoms with E-state index in [0.29, 0.717) is 24.5 Å². The predicted molar refractivity (Wildman–Crippen MR) is 60.8 cm³/mol. The summed E-state index contributed by atoms with van der Waals surface area (Å²) in [5.74, 6) is -0.318. The monoisotopic (exact) mass is 224 g/mol. The summed E-state index contributed by atoms with van der Waals surface area (Å²) in [5, 5.41) is 5.27. The molecule has 0 bridgehead atoms. The van der Waals surface area contributed by atoms with Crippen molar-refractivity contribution in [2.45, 2.75) is 6.92 Å². The number of hydrogen-bond donors (Lipinski definition) is 3. The van der Waals surface area contributed by atoms with Gasteiger partial charge in [-0.05, 0) is 6.07 Å². The standard InChI is InChI=1S/C10H16N4O2/c1-7(15)12-3-4-13-10(16)9-5-8(11)6-14(9)2/h5-6H,3-4,11H2,1-2H3,(H,12,15)(H,13,16). The van der Waals surface area contributed by atoms with Crippen LogP contribution in [-0.2, 0) is 11.8 Å². The number of nitrogen functional groups attached to an aromatic ring is 1. The summed E-state index contributed by atoms with van der Waals surface area (Å²) in [5.41, 5.74) is 6.60. The second kappa shape index (κ2) is 5.20. The topological polar surface area (TPSA) is 89.2 Å². The van der Waals surface area contributed by atoms with Crippen LogP contribution in [0.3, 0.4) is 0 Å². The third-order valence-electron chi connectivity index (χ3n) is 2.04. The molecule has 1 heterocycles. The van der Waals surface area contributed by atoms with Gasteiger partial charge in [0, 0.05) is 33.3 Å². The molecule has 1 aromatic heterocycles. The third-order valence-corrected chi connectivity index (χ3v) is 2.04. The first kappa shape index (κ1) is 12.1. The van der Waals surface area contributed by atoms with Crippen molar-refractivity contribution >= 4 is 17.5 Å². The Labute approximate surface area is 93.8 Å². The number of amides is 2. The van der Waals surface area contributed by atoms with Crippen LogP contribution in [0.4, 0.5) is 5.69 Å². The zero-order valence-electron chi connectivity index (χ0n) is 9.41. The summed E-state index contributed by atoms with van der Waals surface area (Å²) in [7, 11) is 1.75. The summed E-state index contributed by atoms with van der Waals surface area (Å²) >= 11 is 0. The molecule has 0 saturated heterocycles. The maximum Gasteiger partial charge on any atom is 0.268 e. The van der Waals surface area contributed by atoms with Crippen LogP contribution in [0, 0.1) is 0 Å². The fourth-order valence-electron chi connectivity index (χ4n) is 1.32. The van der Waals surface area contributed by atoms with Gasteiger partial charge in [-0.2, -0.15) is 0 Å². The first-order chi connectivity index (χ1) is 7.50. The van der Waals surface area contributed by atoms with E-state index in [9.17, 15) is 9.59 Å². The number of nitrogens with two attached hydrogens (primary N) is 1. The van der Waals surface area contributed by atoms with Crippen molar-refractivity contribution in [1.82, 2.24) is 15.2 Å².